The number of hydrogen-bond donors (Lipinski definition) is 2. The van der Waals surface area contributed by atoms with Gasteiger partial charge in [0.05, 0.1) is 11.0 Å². The molecule has 0 aliphatic heterocycles. The molecule has 0 saturated heterocycles. The van der Waals surface area contributed by atoms with Gasteiger partial charge in [0.15, 0.2) is 0 Å². The molecule has 1 aromatic rings. The number of amides is 2. The quantitative estimate of drug-likeness (QED) is 0.784. The first-order valence-electron chi connectivity index (χ1n) is 6.19. The molecule has 0 saturated carbocycles. The molecule has 1 unspecified atom stereocenters. The first kappa shape index (κ1) is 18.3. The van der Waals surface area contributed by atoms with Crippen LogP contribution in [0.1, 0.15) is 6.92 Å². The number of anilines is 1. The predicted octanol–water partition coefficient (Wildman–Crippen LogP) is 2.56. The van der Waals surface area contributed by atoms with Crippen LogP contribution >= 0.6 is 11.8 Å². The summed E-state index contributed by atoms with van der Waals surface area (Å²) in [6.45, 7) is 0.0000567. The van der Waals surface area contributed by atoms with E-state index in [9.17, 15) is 27.2 Å². The molecule has 0 bridgehead atoms. The number of thioether (sulfide) groups is 1. The fraction of sp³-hybridized carbons (Fsp3) is 0.385. The highest BCUT2D eigenvalue weighted by molar-refractivity contribution is 8.01. The standard InChI is InChI=1S/C13H14F4N2O2S/c1-8(12(21)18-7-13(15,16)17)22-6-11(20)19-10-4-2-9(14)3-5-10/h2-5,8H,6-7H2,1H3,(H,18,21)(H,19,20). The summed E-state index contributed by atoms with van der Waals surface area (Å²) >= 11 is 0.900. The summed E-state index contributed by atoms with van der Waals surface area (Å²) in [7, 11) is 0. The van der Waals surface area contributed by atoms with E-state index in [1.54, 1.807) is 5.32 Å². The predicted molar refractivity (Wildman–Crippen MR) is 76.0 cm³/mol. The summed E-state index contributed by atoms with van der Waals surface area (Å²) in [5.41, 5.74) is 0.390. The number of hydrogen-bond acceptors (Lipinski definition) is 3. The Morgan fingerprint density at radius 3 is 2.36 bits per heavy atom. The second kappa shape index (κ2) is 8.02. The van der Waals surface area contributed by atoms with Gasteiger partial charge in [0, 0.05) is 5.69 Å². The molecule has 1 rings (SSSR count). The Kier molecular flexibility index (Phi) is 6.66. The Hall–Kier alpha value is -1.77. The minimum Gasteiger partial charge on any atom is -0.346 e. The Morgan fingerprint density at radius 1 is 1.23 bits per heavy atom. The molecule has 2 N–H and O–H groups in total. The van der Waals surface area contributed by atoms with Gasteiger partial charge in [0.2, 0.25) is 11.8 Å². The zero-order chi connectivity index (χ0) is 16.8. The van der Waals surface area contributed by atoms with E-state index in [1.807, 2.05) is 0 Å². The molecular formula is C13H14F4N2O2S. The lowest BCUT2D eigenvalue weighted by atomic mass is 10.3. The number of carbonyl (C=O) groups is 2. The molecule has 9 heteroatoms. The first-order chi connectivity index (χ1) is 10.2. The zero-order valence-electron chi connectivity index (χ0n) is 11.5. The van der Waals surface area contributed by atoms with E-state index in [0.717, 1.165) is 11.8 Å². The second-order valence-electron chi connectivity index (χ2n) is 4.34. The molecule has 1 aromatic carbocycles. The third-order valence-electron chi connectivity index (χ3n) is 2.42. The summed E-state index contributed by atoms with van der Waals surface area (Å²) in [5, 5.41) is 3.42. The maximum Gasteiger partial charge on any atom is 0.405 e. The van der Waals surface area contributed by atoms with Crippen molar-refractivity contribution in [2.24, 2.45) is 0 Å². The van der Waals surface area contributed by atoms with Crippen LogP contribution in [0.4, 0.5) is 23.2 Å². The number of carbonyl (C=O) groups excluding carboxylic acids is 2. The average molecular weight is 338 g/mol. The molecule has 0 aliphatic carbocycles. The maximum absolute atomic E-state index is 12.7. The molecule has 2 amide bonds. The summed E-state index contributed by atoms with van der Waals surface area (Å²) in [6, 6.07) is 5.10. The monoisotopic (exact) mass is 338 g/mol. The lowest BCUT2D eigenvalue weighted by Crippen LogP contribution is -2.38. The van der Waals surface area contributed by atoms with E-state index in [2.05, 4.69) is 5.32 Å². The number of benzene rings is 1. The van der Waals surface area contributed by atoms with Crippen molar-refractivity contribution in [1.82, 2.24) is 5.32 Å². The van der Waals surface area contributed by atoms with Crippen molar-refractivity contribution in [3.8, 4) is 0 Å². The molecule has 0 aromatic heterocycles. The second-order valence-corrected chi connectivity index (χ2v) is 5.67. The van der Waals surface area contributed by atoms with Gasteiger partial charge in [0.1, 0.15) is 12.4 Å². The van der Waals surface area contributed by atoms with Crippen LogP contribution in [0.15, 0.2) is 24.3 Å². The average Bonchev–Trinajstić information content (AvgIpc) is 2.44. The van der Waals surface area contributed by atoms with Crippen LogP contribution in [-0.4, -0.2) is 35.5 Å². The molecule has 0 aliphatic rings. The fourth-order valence-electron chi connectivity index (χ4n) is 1.34. The van der Waals surface area contributed by atoms with Crippen LogP contribution in [0.5, 0.6) is 0 Å². The molecule has 22 heavy (non-hydrogen) atoms. The molecule has 0 spiro atoms. The van der Waals surface area contributed by atoms with Crippen LogP contribution < -0.4 is 10.6 Å². The molecule has 0 radical (unpaired) electrons. The van der Waals surface area contributed by atoms with E-state index in [-0.39, 0.29) is 5.75 Å². The normalized spacial score (nSPS) is 12.6. The smallest absolute Gasteiger partial charge is 0.346 e. The molecule has 0 fully saturated rings. The largest absolute Gasteiger partial charge is 0.405 e. The van der Waals surface area contributed by atoms with Gasteiger partial charge in [-0.3, -0.25) is 9.59 Å². The van der Waals surface area contributed by atoms with Gasteiger partial charge >= 0.3 is 6.18 Å². The van der Waals surface area contributed by atoms with Gasteiger partial charge in [-0.05, 0) is 31.2 Å². The molecule has 1 atom stereocenters. The Labute approximate surface area is 128 Å². The van der Waals surface area contributed by atoms with Gasteiger partial charge in [-0.25, -0.2) is 4.39 Å². The molecular weight excluding hydrogens is 324 g/mol. The summed E-state index contributed by atoms with van der Waals surface area (Å²) in [4.78, 5) is 23.0. The Balaban J connectivity index is 2.33. The third kappa shape index (κ3) is 7.30. The van der Waals surface area contributed by atoms with Crippen LogP contribution in [0.2, 0.25) is 0 Å². The maximum atomic E-state index is 12.7. The highest BCUT2D eigenvalue weighted by Crippen LogP contribution is 2.15. The summed E-state index contributed by atoms with van der Waals surface area (Å²) in [6.07, 6.45) is -4.47. The molecule has 122 valence electrons. The van der Waals surface area contributed by atoms with Gasteiger partial charge < -0.3 is 10.6 Å². The summed E-state index contributed by atoms with van der Waals surface area (Å²) in [5.74, 6) is -1.79. The highest BCUT2D eigenvalue weighted by Gasteiger charge is 2.28. The van der Waals surface area contributed by atoms with Crippen LogP contribution in [0.25, 0.3) is 0 Å². The van der Waals surface area contributed by atoms with E-state index >= 15 is 0 Å². The molecule has 0 heterocycles. The van der Waals surface area contributed by atoms with Crippen molar-refractivity contribution in [2.75, 3.05) is 17.6 Å². The van der Waals surface area contributed by atoms with Gasteiger partial charge in [-0.2, -0.15) is 13.2 Å². The van der Waals surface area contributed by atoms with Crippen molar-refractivity contribution < 1.29 is 27.2 Å². The van der Waals surface area contributed by atoms with Crippen molar-refractivity contribution in [3.63, 3.8) is 0 Å². The van der Waals surface area contributed by atoms with Crippen LogP contribution in [-0.2, 0) is 9.59 Å². The van der Waals surface area contributed by atoms with Crippen molar-refractivity contribution >= 4 is 29.3 Å². The minimum atomic E-state index is -4.47. The van der Waals surface area contributed by atoms with Gasteiger partial charge in [-0.1, -0.05) is 0 Å². The summed E-state index contributed by atoms with van der Waals surface area (Å²) < 4.78 is 48.5. The molecule has 4 nitrogen and oxygen atoms in total. The van der Waals surface area contributed by atoms with E-state index in [0.29, 0.717) is 5.69 Å². The van der Waals surface area contributed by atoms with Crippen LogP contribution in [0, 0.1) is 5.82 Å². The Morgan fingerprint density at radius 2 is 1.82 bits per heavy atom. The third-order valence-corrected chi connectivity index (χ3v) is 3.57. The number of halogens is 4. The van der Waals surface area contributed by atoms with E-state index in [1.165, 1.54) is 31.2 Å². The van der Waals surface area contributed by atoms with Crippen LogP contribution in [0.3, 0.4) is 0 Å². The topological polar surface area (TPSA) is 58.2 Å². The van der Waals surface area contributed by atoms with E-state index < -0.39 is 35.6 Å². The highest BCUT2D eigenvalue weighted by atomic mass is 32.2. The lowest BCUT2D eigenvalue weighted by molar-refractivity contribution is -0.137. The number of nitrogens with one attached hydrogen (secondary N) is 2. The minimum absolute atomic E-state index is 0.113. The fourth-order valence-corrected chi connectivity index (χ4v) is 2.05. The van der Waals surface area contributed by atoms with Gasteiger partial charge in [0.25, 0.3) is 0 Å². The Bertz CT molecular complexity index is 520. The number of rotatable bonds is 6. The van der Waals surface area contributed by atoms with Crippen molar-refractivity contribution in [2.45, 2.75) is 18.3 Å². The van der Waals surface area contributed by atoms with Crippen molar-refractivity contribution in [1.29, 1.82) is 0 Å². The lowest BCUT2D eigenvalue weighted by Gasteiger charge is -2.13. The van der Waals surface area contributed by atoms with Gasteiger partial charge in [-0.15, -0.1) is 11.8 Å². The number of alkyl halides is 3. The first-order valence-corrected chi connectivity index (χ1v) is 7.24. The van der Waals surface area contributed by atoms with Crippen molar-refractivity contribution in [3.05, 3.63) is 30.1 Å². The van der Waals surface area contributed by atoms with E-state index in [4.69, 9.17) is 0 Å². The zero-order valence-corrected chi connectivity index (χ0v) is 12.4. The SMILES string of the molecule is CC(SCC(=O)Nc1ccc(F)cc1)C(=O)NCC(F)(F)F.